The summed E-state index contributed by atoms with van der Waals surface area (Å²) < 4.78 is 0. The van der Waals surface area contributed by atoms with E-state index in [1.807, 2.05) is 72.8 Å². The van der Waals surface area contributed by atoms with Gasteiger partial charge in [0.05, 0.1) is 0 Å². The van der Waals surface area contributed by atoms with Gasteiger partial charge in [-0.25, -0.2) is 4.79 Å². The number of carbonyl (C=O) groups excluding carboxylic acids is 1. The van der Waals surface area contributed by atoms with Gasteiger partial charge in [-0.2, -0.15) is 0 Å². The molecule has 0 heterocycles. The highest BCUT2D eigenvalue weighted by Gasteiger charge is 2.21. The van der Waals surface area contributed by atoms with E-state index in [9.17, 15) is 14.7 Å². The Morgan fingerprint density at radius 3 is 2.35 bits per heavy atom. The minimum atomic E-state index is -1.02. The fourth-order valence-corrected chi connectivity index (χ4v) is 3.06. The van der Waals surface area contributed by atoms with E-state index in [1.54, 1.807) is 0 Å². The zero-order chi connectivity index (χ0) is 18.4. The number of aliphatic carboxylic acids is 1. The van der Waals surface area contributed by atoms with Crippen LogP contribution in [0.15, 0.2) is 72.8 Å². The quantitative estimate of drug-likeness (QED) is 0.686. The number of amides is 1. The Hall–Kier alpha value is -3.14. The van der Waals surface area contributed by atoms with Crippen molar-refractivity contribution in [2.45, 2.75) is 25.3 Å². The first-order valence-corrected chi connectivity index (χ1v) is 8.66. The Kier molecular flexibility index (Phi) is 5.64. The molecule has 0 spiro atoms. The summed E-state index contributed by atoms with van der Waals surface area (Å²) in [6.07, 6.45) is 1.12. The second-order valence-corrected chi connectivity index (χ2v) is 6.29. The van der Waals surface area contributed by atoms with E-state index in [0.717, 1.165) is 21.9 Å². The van der Waals surface area contributed by atoms with E-state index in [0.29, 0.717) is 6.42 Å². The molecule has 3 rings (SSSR count). The molecule has 3 aromatic carbocycles. The van der Waals surface area contributed by atoms with E-state index >= 15 is 0 Å². The lowest BCUT2D eigenvalue weighted by Gasteiger charge is -2.16. The molecule has 0 saturated heterocycles. The molecule has 4 heteroatoms. The fourth-order valence-electron chi connectivity index (χ4n) is 3.06. The lowest BCUT2D eigenvalue weighted by atomic mass is 9.98. The SMILES string of the molecule is O=C(CCc1ccccc1)N[C@H](Cc1cccc2ccccc12)C(=O)O. The molecule has 0 aromatic heterocycles. The number of rotatable bonds is 7. The van der Waals surface area contributed by atoms with E-state index in [-0.39, 0.29) is 18.7 Å². The van der Waals surface area contributed by atoms with Crippen LogP contribution in [-0.4, -0.2) is 23.0 Å². The molecule has 4 nitrogen and oxygen atoms in total. The highest BCUT2D eigenvalue weighted by molar-refractivity contribution is 5.88. The Labute approximate surface area is 152 Å². The van der Waals surface area contributed by atoms with Gasteiger partial charge in [0.2, 0.25) is 5.91 Å². The molecule has 1 atom stereocenters. The number of nitrogens with one attached hydrogen (secondary N) is 1. The van der Waals surface area contributed by atoms with Crippen molar-refractivity contribution in [2.24, 2.45) is 0 Å². The minimum Gasteiger partial charge on any atom is -0.480 e. The van der Waals surface area contributed by atoms with Crippen LogP contribution in [0.5, 0.6) is 0 Å². The molecule has 0 aliphatic heterocycles. The van der Waals surface area contributed by atoms with Crippen LogP contribution in [0.25, 0.3) is 10.8 Å². The summed E-state index contributed by atoms with van der Waals surface area (Å²) in [4.78, 5) is 23.8. The predicted octanol–water partition coefficient (Wildman–Crippen LogP) is 3.58. The average Bonchev–Trinajstić information content (AvgIpc) is 2.67. The Bertz CT molecular complexity index is 900. The summed E-state index contributed by atoms with van der Waals surface area (Å²) in [7, 11) is 0. The van der Waals surface area contributed by atoms with Crippen LogP contribution in [0, 0.1) is 0 Å². The summed E-state index contributed by atoms with van der Waals surface area (Å²) in [5, 5.41) is 14.3. The third kappa shape index (κ3) is 4.48. The van der Waals surface area contributed by atoms with Gasteiger partial charge in [-0.05, 0) is 28.3 Å². The van der Waals surface area contributed by atoms with Gasteiger partial charge in [0, 0.05) is 12.8 Å². The Morgan fingerprint density at radius 1 is 0.885 bits per heavy atom. The van der Waals surface area contributed by atoms with Crippen LogP contribution in [0.3, 0.4) is 0 Å². The average molecular weight is 347 g/mol. The number of hydrogen-bond donors (Lipinski definition) is 2. The highest BCUT2D eigenvalue weighted by Crippen LogP contribution is 2.20. The molecule has 0 fully saturated rings. The van der Waals surface area contributed by atoms with Crippen LogP contribution in [0.2, 0.25) is 0 Å². The van der Waals surface area contributed by atoms with Crippen LogP contribution in [0.1, 0.15) is 17.5 Å². The van der Waals surface area contributed by atoms with Gasteiger partial charge in [-0.1, -0.05) is 72.8 Å². The maximum Gasteiger partial charge on any atom is 0.326 e. The van der Waals surface area contributed by atoms with Gasteiger partial charge in [0.25, 0.3) is 0 Å². The van der Waals surface area contributed by atoms with Gasteiger partial charge < -0.3 is 10.4 Å². The van der Waals surface area contributed by atoms with Gasteiger partial charge >= 0.3 is 5.97 Å². The summed E-state index contributed by atoms with van der Waals surface area (Å²) in [6, 6.07) is 22.4. The zero-order valence-corrected chi connectivity index (χ0v) is 14.4. The third-order valence-electron chi connectivity index (χ3n) is 4.42. The van der Waals surface area contributed by atoms with Gasteiger partial charge in [0.1, 0.15) is 6.04 Å². The number of carbonyl (C=O) groups is 2. The molecule has 26 heavy (non-hydrogen) atoms. The summed E-state index contributed by atoms with van der Waals surface area (Å²) in [5.41, 5.74) is 1.97. The molecule has 1 amide bonds. The molecule has 132 valence electrons. The maximum atomic E-state index is 12.2. The first kappa shape index (κ1) is 17.7. The lowest BCUT2D eigenvalue weighted by molar-refractivity contribution is -0.141. The molecule has 0 aliphatic carbocycles. The molecule has 3 aromatic rings. The number of benzene rings is 3. The number of carboxylic acid groups (broad SMARTS) is 1. The number of fused-ring (bicyclic) bond motifs is 1. The second-order valence-electron chi connectivity index (χ2n) is 6.29. The number of aryl methyl sites for hydroxylation is 1. The molecule has 2 N–H and O–H groups in total. The topological polar surface area (TPSA) is 66.4 Å². The second kappa shape index (κ2) is 8.30. The van der Waals surface area contributed by atoms with E-state index in [1.165, 1.54) is 0 Å². The molecular formula is C22H21NO3. The van der Waals surface area contributed by atoms with Crippen molar-refractivity contribution in [1.29, 1.82) is 0 Å². The molecule has 0 unspecified atom stereocenters. The van der Waals surface area contributed by atoms with Crippen molar-refractivity contribution in [3.05, 3.63) is 83.9 Å². The third-order valence-corrected chi connectivity index (χ3v) is 4.42. The van der Waals surface area contributed by atoms with Crippen LogP contribution >= 0.6 is 0 Å². The largest absolute Gasteiger partial charge is 0.480 e. The van der Waals surface area contributed by atoms with E-state index < -0.39 is 12.0 Å². The van der Waals surface area contributed by atoms with Crippen molar-refractivity contribution in [3.63, 3.8) is 0 Å². The highest BCUT2D eigenvalue weighted by atomic mass is 16.4. The van der Waals surface area contributed by atoms with Crippen molar-refractivity contribution in [1.82, 2.24) is 5.32 Å². The molecule has 0 aliphatic rings. The van der Waals surface area contributed by atoms with Crippen molar-refractivity contribution < 1.29 is 14.7 Å². The zero-order valence-electron chi connectivity index (χ0n) is 14.4. The standard InChI is InChI=1S/C22H21NO3/c24-21(14-13-16-7-2-1-3-8-16)23-20(22(25)26)15-18-11-6-10-17-9-4-5-12-19(17)18/h1-12,20H,13-15H2,(H,23,24)(H,25,26)/t20-/m1/s1. The van der Waals surface area contributed by atoms with Crippen LogP contribution in [0.4, 0.5) is 0 Å². The minimum absolute atomic E-state index is 0.249. The molecular weight excluding hydrogens is 326 g/mol. The number of carboxylic acids is 1. The Balaban J connectivity index is 1.67. The summed E-state index contributed by atoms with van der Waals surface area (Å²) >= 11 is 0. The summed E-state index contributed by atoms with van der Waals surface area (Å²) in [5.74, 6) is -1.27. The Morgan fingerprint density at radius 2 is 1.58 bits per heavy atom. The normalized spacial score (nSPS) is 11.8. The lowest BCUT2D eigenvalue weighted by Crippen LogP contribution is -2.42. The molecule has 0 radical (unpaired) electrons. The fraction of sp³-hybridized carbons (Fsp3) is 0.182. The van der Waals surface area contributed by atoms with Crippen molar-refractivity contribution in [3.8, 4) is 0 Å². The van der Waals surface area contributed by atoms with E-state index in [4.69, 9.17) is 0 Å². The maximum absolute atomic E-state index is 12.2. The van der Waals surface area contributed by atoms with Gasteiger partial charge in [-0.3, -0.25) is 4.79 Å². The monoisotopic (exact) mass is 347 g/mol. The van der Waals surface area contributed by atoms with Crippen molar-refractivity contribution in [2.75, 3.05) is 0 Å². The van der Waals surface area contributed by atoms with Crippen molar-refractivity contribution >= 4 is 22.6 Å². The summed E-state index contributed by atoms with van der Waals surface area (Å²) in [6.45, 7) is 0. The van der Waals surface area contributed by atoms with Gasteiger partial charge in [0.15, 0.2) is 0 Å². The number of hydrogen-bond acceptors (Lipinski definition) is 2. The van der Waals surface area contributed by atoms with Gasteiger partial charge in [-0.15, -0.1) is 0 Å². The smallest absolute Gasteiger partial charge is 0.326 e. The first-order chi connectivity index (χ1) is 12.6. The van der Waals surface area contributed by atoms with Crippen LogP contribution in [-0.2, 0) is 22.4 Å². The van der Waals surface area contributed by atoms with Crippen LogP contribution < -0.4 is 5.32 Å². The predicted molar refractivity (Wildman–Crippen MR) is 102 cm³/mol. The first-order valence-electron chi connectivity index (χ1n) is 8.66. The molecule has 0 bridgehead atoms. The molecule has 0 saturated carbocycles. The van der Waals surface area contributed by atoms with E-state index in [2.05, 4.69) is 5.32 Å².